The van der Waals surface area contributed by atoms with Crippen LogP contribution in [0.15, 0.2) is 30.3 Å². The van der Waals surface area contributed by atoms with Gasteiger partial charge in [0.15, 0.2) is 0 Å². The minimum atomic E-state index is -0.501. The Hall–Kier alpha value is -1.22. The molecule has 3 atom stereocenters. The van der Waals surface area contributed by atoms with E-state index < -0.39 is 6.04 Å². The van der Waals surface area contributed by atoms with Crippen molar-refractivity contribution in [3.05, 3.63) is 36.0 Å². The molecule has 3 heterocycles. The number of rotatable bonds is 11. The standard InChI is InChI=1S/C28H39N5O3.C6H12ClNO.2CH3I/c1-20(2)17-22(19-29)30-27(34)23-8-4-5-9-24(23)31-28(35)26-18-21-7-3-6-10-25(21)33(26)12-11-32-13-15-36-16-14-32;7-1-2-8-3-5-9-6-4-8;2*1-2/h3,6-7,10,18,20,22-24H,4-5,8-9,11-17H2,1-2H3,(H,30,34)(H,31,35);1-6H2;2*1H3/t22-,23+,24-;;;/m0.../s1. The summed E-state index contributed by atoms with van der Waals surface area (Å²) < 4.78 is 12.7. The van der Waals surface area contributed by atoms with E-state index in [9.17, 15) is 14.9 Å². The summed E-state index contributed by atoms with van der Waals surface area (Å²) in [6, 6.07) is 11.5. The number of aromatic nitrogens is 1. The number of para-hydroxylation sites is 1. The second-order valence-electron chi connectivity index (χ2n) is 12.6. The van der Waals surface area contributed by atoms with Gasteiger partial charge in [0.25, 0.3) is 5.91 Å². The maximum atomic E-state index is 13.6. The molecule has 2 saturated heterocycles. The van der Waals surface area contributed by atoms with Crippen molar-refractivity contribution in [3.63, 3.8) is 0 Å². The van der Waals surface area contributed by atoms with Gasteiger partial charge in [-0.25, -0.2) is 0 Å². The number of fused-ring (bicyclic) bond motifs is 1. The number of nitrogens with zero attached hydrogens (tertiary/aromatic N) is 4. The Morgan fingerprint density at radius 2 is 1.53 bits per heavy atom. The molecule has 3 fully saturated rings. The Bertz CT molecular complexity index is 1260. The molecule has 1 saturated carbocycles. The monoisotopic (exact) mass is 926 g/mol. The molecular weight excluding hydrogens is 870 g/mol. The van der Waals surface area contributed by atoms with E-state index in [0.29, 0.717) is 24.6 Å². The molecule has 49 heavy (non-hydrogen) atoms. The average molecular weight is 927 g/mol. The number of nitriles is 1. The molecule has 0 unspecified atom stereocenters. The highest BCUT2D eigenvalue weighted by Gasteiger charge is 2.34. The maximum Gasteiger partial charge on any atom is 0.268 e. The molecule has 2 aromatic rings. The summed E-state index contributed by atoms with van der Waals surface area (Å²) in [7, 11) is 0. The number of morpholine rings is 2. The zero-order valence-corrected chi connectivity index (χ0v) is 34.8. The van der Waals surface area contributed by atoms with E-state index in [1.807, 2.05) is 48.0 Å². The van der Waals surface area contributed by atoms with Crippen molar-refractivity contribution in [2.45, 2.75) is 64.6 Å². The van der Waals surface area contributed by atoms with Crippen LogP contribution < -0.4 is 10.6 Å². The fourth-order valence-corrected chi connectivity index (χ4v) is 6.64. The largest absolute Gasteiger partial charge is 0.379 e. The van der Waals surface area contributed by atoms with Crippen LogP contribution in [0, 0.1) is 23.2 Å². The molecule has 1 aliphatic carbocycles. The first-order valence-electron chi connectivity index (χ1n) is 17.4. The van der Waals surface area contributed by atoms with Gasteiger partial charge in [0.2, 0.25) is 5.91 Å². The third kappa shape index (κ3) is 15.1. The lowest BCUT2D eigenvalue weighted by molar-refractivity contribution is -0.127. The van der Waals surface area contributed by atoms with E-state index in [2.05, 4.69) is 82.3 Å². The van der Waals surface area contributed by atoms with Gasteiger partial charge in [-0.3, -0.25) is 19.4 Å². The Balaban J connectivity index is 0.000000545. The zero-order valence-electron chi connectivity index (χ0n) is 29.8. The van der Waals surface area contributed by atoms with Crippen molar-refractivity contribution in [3.8, 4) is 6.07 Å². The second-order valence-corrected chi connectivity index (χ2v) is 13.0. The lowest BCUT2D eigenvalue weighted by atomic mass is 9.83. The molecule has 2 aliphatic heterocycles. The van der Waals surface area contributed by atoms with E-state index >= 15 is 0 Å². The van der Waals surface area contributed by atoms with E-state index in [0.717, 1.165) is 108 Å². The smallest absolute Gasteiger partial charge is 0.268 e. The van der Waals surface area contributed by atoms with Crippen LogP contribution in [0.3, 0.4) is 0 Å². The van der Waals surface area contributed by atoms with E-state index in [1.165, 1.54) is 0 Å². The number of nitrogens with one attached hydrogen (secondary N) is 2. The number of carbonyl (C=O) groups is 2. The van der Waals surface area contributed by atoms with Crippen LogP contribution >= 0.6 is 56.8 Å². The number of halogens is 3. The first-order chi connectivity index (χ1) is 23.9. The van der Waals surface area contributed by atoms with Gasteiger partial charge in [0, 0.05) is 68.6 Å². The number of benzene rings is 1. The van der Waals surface area contributed by atoms with Crippen molar-refractivity contribution < 1.29 is 19.1 Å². The highest BCUT2D eigenvalue weighted by Crippen LogP contribution is 2.27. The quantitative estimate of drug-likeness (QED) is 0.211. The number of hydrogen-bond donors (Lipinski definition) is 2. The first kappa shape index (κ1) is 43.9. The van der Waals surface area contributed by atoms with Gasteiger partial charge >= 0.3 is 0 Å². The molecular formula is C36H57ClI2N6O4. The van der Waals surface area contributed by atoms with Gasteiger partial charge in [-0.1, -0.05) is 90.1 Å². The maximum absolute atomic E-state index is 13.6. The molecule has 13 heteroatoms. The number of hydrogen-bond acceptors (Lipinski definition) is 7. The van der Waals surface area contributed by atoms with Gasteiger partial charge in [-0.05, 0) is 47.2 Å². The van der Waals surface area contributed by atoms with Gasteiger partial charge in [0.05, 0.1) is 38.4 Å². The van der Waals surface area contributed by atoms with Crippen molar-refractivity contribution in [2.24, 2.45) is 11.8 Å². The van der Waals surface area contributed by atoms with Crippen LogP contribution in [-0.2, 0) is 20.8 Å². The average Bonchev–Trinajstić information content (AvgIpc) is 3.52. The minimum absolute atomic E-state index is 0.125. The van der Waals surface area contributed by atoms with Crippen molar-refractivity contribution in [2.75, 3.05) is 81.4 Å². The molecule has 1 aromatic carbocycles. The molecule has 5 rings (SSSR count). The predicted octanol–water partition coefficient (Wildman–Crippen LogP) is 5.98. The summed E-state index contributed by atoms with van der Waals surface area (Å²) in [5, 5.41) is 16.6. The fraction of sp³-hybridized carbons (Fsp3) is 0.694. The number of ether oxygens (including phenoxy) is 2. The highest BCUT2D eigenvalue weighted by atomic mass is 127. The third-order valence-corrected chi connectivity index (χ3v) is 9.06. The molecule has 2 N–H and O–H groups in total. The van der Waals surface area contributed by atoms with Crippen LogP contribution in [0.2, 0.25) is 0 Å². The summed E-state index contributed by atoms with van der Waals surface area (Å²) in [5.74, 6) is 0.463. The Kier molecular flexibility index (Phi) is 23.0. The molecule has 1 aromatic heterocycles. The summed E-state index contributed by atoms with van der Waals surface area (Å²) in [4.78, 5) is 35.3. The number of alkyl halides is 3. The predicted molar refractivity (Wildman–Crippen MR) is 217 cm³/mol. The van der Waals surface area contributed by atoms with Crippen molar-refractivity contribution in [1.82, 2.24) is 25.0 Å². The number of amides is 2. The molecule has 3 aliphatic rings. The van der Waals surface area contributed by atoms with Crippen LogP contribution in [0.4, 0.5) is 0 Å². The van der Waals surface area contributed by atoms with Gasteiger partial charge in [-0.2, -0.15) is 5.26 Å². The van der Waals surface area contributed by atoms with Crippen LogP contribution in [-0.4, -0.2) is 120 Å². The summed E-state index contributed by atoms with van der Waals surface area (Å²) in [6.45, 7) is 13.8. The third-order valence-electron chi connectivity index (χ3n) is 8.89. The summed E-state index contributed by atoms with van der Waals surface area (Å²) in [6.07, 6.45) is 4.03. The van der Waals surface area contributed by atoms with Crippen molar-refractivity contribution in [1.29, 1.82) is 5.26 Å². The first-order valence-corrected chi connectivity index (χ1v) is 22.3. The minimum Gasteiger partial charge on any atom is -0.379 e. The topological polar surface area (TPSA) is 112 Å². The molecule has 0 bridgehead atoms. The Labute approximate surface area is 326 Å². The van der Waals surface area contributed by atoms with Gasteiger partial charge < -0.3 is 24.7 Å². The second kappa shape index (κ2) is 25.7. The summed E-state index contributed by atoms with van der Waals surface area (Å²) >= 11 is 9.85. The van der Waals surface area contributed by atoms with E-state index in [-0.39, 0.29) is 23.8 Å². The van der Waals surface area contributed by atoms with Crippen molar-refractivity contribution >= 4 is 79.5 Å². The van der Waals surface area contributed by atoms with Crippen LogP contribution in [0.25, 0.3) is 10.9 Å². The lowest BCUT2D eigenvalue weighted by Gasteiger charge is -2.32. The normalized spacial score (nSPS) is 20.3. The molecule has 10 nitrogen and oxygen atoms in total. The Morgan fingerprint density at radius 3 is 2.12 bits per heavy atom. The summed E-state index contributed by atoms with van der Waals surface area (Å²) in [5.41, 5.74) is 1.67. The SMILES string of the molecule is CC(C)C[C@@H](C#N)NC(=O)[C@@H]1CCCC[C@@H]1NC(=O)c1cc2ccccc2n1CCN1CCOCC1.CI.CI.ClCCN1CCOCC1. The fourth-order valence-electron chi connectivity index (χ4n) is 6.40. The lowest BCUT2D eigenvalue weighted by Crippen LogP contribution is -2.50. The Morgan fingerprint density at radius 1 is 0.939 bits per heavy atom. The molecule has 2 amide bonds. The van der Waals surface area contributed by atoms with Gasteiger partial charge in [-0.15, -0.1) is 11.6 Å². The zero-order chi connectivity index (χ0) is 36.0. The van der Waals surface area contributed by atoms with E-state index in [1.54, 1.807) is 0 Å². The number of carbonyl (C=O) groups excluding carboxylic acids is 2. The highest BCUT2D eigenvalue weighted by molar-refractivity contribution is 14.1. The molecule has 276 valence electrons. The van der Waals surface area contributed by atoms with Gasteiger partial charge in [0.1, 0.15) is 11.7 Å². The molecule has 0 spiro atoms. The van der Waals surface area contributed by atoms with Crippen LogP contribution in [0.1, 0.15) is 56.4 Å². The van der Waals surface area contributed by atoms with E-state index in [4.69, 9.17) is 21.1 Å². The van der Waals surface area contributed by atoms with Crippen LogP contribution in [0.5, 0.6) is 0 Å². The molecule has 0 radical (unpaired) electrons.